The van der Waals surface area contributed by atoms with Crippen molar-refractivity contribution in [1.29, 1.82) is 0 Å². The number of likely N-dealkylation sites (tertiary alicyclic amines) is 1. The number of hydrogen-bond acceptors (Lipinski definition) is 8. The maximum Gasteiger partial charge on any atom is 0.410 e. The number of carbonyl (C=O) groups is 2. The second-order valence-corrected chi connectivity index (χ2v) is 12.8. The first-order valence-electron chi connectivity index (χ1n) is 13.3. The van der Waals surface area contributed by atoms with Gasteiger partial charge < -0.3 is 20.1 Å². The molecular weight excluding hydrogens is 546 g/mol. The SMILES string of the molecule is Cc1cccc(C)c1-c1cc(O)nc(NS(=O)(=O)c2cccc(C(=O)N[C@H]3CCCN(C(=O)OC(C)(C)C)C3)c2)n1. The minimum atomic E-state index is -4.21. The quantitative estimate of drug-likeness (QED) is 0.388. The highest BCUT2D eigenvalue weighted by molar-refractivity contribution is 7.92. The second kappa shape index (κ2) is 11.7. The predicted molar refractivity (Wildman–Crippen MR) is 154 cm³/mol. The van der Waals surface area contributed by atoms with Crippen LogP contribution >= 0.6 is 0 Å². The smallest absolute Gasteiger partial charge is 0.410 e. The van der Waals surface area contributed by atoms with Crippen LogP contribution in [0.2, 0.25) is 0 Å². The van der Waals surface area contributed by atoms with Crippen LogP contribution < -0.4 is 10.0 Å². The van der Waals surface area contributed by atoms with Gasteiger partial charge in [-0.3, -0.25) is 4.79 Å². The molecule has 0 bridgehead atoms. The highest BCUT2D eigenvalue weighted by Gasteiger charge is 2.29. The number of aromatic hydroxyl groups is 1. The van der Waals surface area contributed by atoms with E-state index in [0.29, 0.717) is 25.1 Å². The predicted octanol–water partition coefficient (Wildman–Crippen LogP) is 4.40. The molecule has 0 saturated carbocycles. The Kier molecular flexibility index (Phi) is 8.52. The van der Waals surface area contributed by atoms with Crippen LogP contribution in [0.5, 0.6) is 5.88 Å². The number of rotatable bonds is 6. The molecule has 1 aliphatic heterocycles. The van der Waals surface area contributed by atoms with Crippen LogP contribution in [0.15, 0.2) is 53.4 Å². The fourth-order valence-corrected chi connectivity index (χ4v) is 5.66. The van der Waals surface area contributed by atoms with Crippen molar-refractivity contribution in [2.24, 2.45) is 0 Å². The largest absolute Gasteiger partial charge is 0.493 e. The Labute approximate surface area is 240 Å². The number of hydrogen-bond donors (Lipinski definition) is 3. The summed E-state index contributed by atoms with van der Waals surface area (Å²) in [4.78, 5) is 35.1. The van der Waals surface area contributed by atoms with E-state index in [-0.39, 0.29) is 29.0 Å². The van der Waals surface area contributed by atoms with Crippen molar-refractivity contribution in [1.82, 2.24) is 20.2 Å². The molecule has 2 aromatic carbocycles. The first-order valence-corrected chi connectivity index (χ1v) is 14.8. The molecule has 2 heterocycles. The Hall–Kier alpha value is -4.19. The van der Waals surface area contributed by atoms with Gasteiger partial charge in [0.1, 0.15) is 5.60 Å². The summed E-state index contributed by atoms with van der Waals surface area (Å²) >= 11 is 0. The summed E-state index contributed by atoms with van der Waals surface area (Å²) in [7, 11) is -4.21. The molecule has 3 aromatic rings. The van der Waals surface area contributed by atoms with Gasteiger partial charge in [0.2, 0.25) is 11.8 Å². The zero-order chi connectivity index (χ0) is 29.9. The van der Waals surface area contributed by atoms with Crippen molar-refractivity contribution in [2.45, 2.75) is 64.0 Å². The van der Waals surface area contributed by atoms with Crippen molar-refractivity contribution < 1.29 is 27.9 Å². The third kappa shape index (κ3) is 7.51. The monoisotopic (exact) mass is 581 g/mol. The number of amides is 2. The summed E-state index contributed by atoms with van der Waals surface area (Å²) in [6.45, 7) is 9.98. The van der Waals surface area contributed by atoms with Crippen LogP contribution in [0.3, 0.4) is 0 Å². The summed E-state index contributed by atoms with van der Waals surface area (Å²) in [6, 6.07) is 12.3. The lowest BCUT2D eigenvalue weighted by Gasteiger charge is -2.34. The van der Waals surface area contributed by atoms with Crippen LogP contribution in [0, 0.1) is 13.8 Å². The maximum atomic E-state index is 13.2. The Balaban J connectivity index is 1.49. The number of piperidine rings is 1. The van der Waals surface area contributed by atoms with Crippen LogP contribution in [-0.2, 0) is 14.8 Å². The van der Waals surface area contributed by atoms with Gasteiger partial charge in [-0.25, -0.2) is 22.9 Å². The van der Waals surface area contributed by atoms with Crippen molar-refractivity contribution in [3.05, 3.63) is 65.2 Å². The van der Waals surface area contributed by atoms with E-state index in [1.807, 2.05) is 32.0 Å². The zero-order valence-corrected chi connectivity index (χ0v) is 24.6. The van der Waals surface area contributed by atoms with E-state index in [0.717, 1.165) is 16.7 Å². The van der Waals surface area contributed by atoms with Gasteiger partial charge in [0.15, 0.2) is 0 Å². The number of ether oxygens (including phenoxy) is 1. The van der Waals surface area contributed by atoms with Gasteiger partial charge in [-0.15, -0.1) is 0 Å². The highest BCUT2D eigenvalue weighted by atomic mass is 32.2. The van der Waals surface area contributed by atoms with Gasteiger partial charge in [0.25, 0.3) is 15.9 Å². The van der Waals surface area contributed by atoms with Crippen molar-refractivity contribution in [3.63, 3.8) is 0 Å². The fourth-order valence-electron chi connectivity index (χ4n) is 4.67. The van der Waals surface area contributed by atoms with E-state index in [9.17, 15) is 23.1 Å². The Morgan fingerprint density at radius 2 is 1.73 bits per heavy atom. The molecule has 0 radical (unpaired) electrons. The zero-order valence-electron chi connectivity index (χ0n) is 23.8. The van der Waals surface area contributed by atoms with Crippen LogP contribution in [0.25, 0.3) is 11.3 Å². The van der Waals surface area contributed by atoms with E-state index in [2.05, 4.69) is 20.0 Å². The number of aryl methyl sites for hydroxylation is 2. The minimum absolute atomic E-state index is 0.135. The molecule has 1 aliphatic rings. The van der Waals surface area contributed by atoms with E-state index < -0.39 is 33.5 Å². The molecule has 1 saturated heterocycles. The van der Waals surface area contributed by atoms with Crippen molar-refractivity contribution in [2.75, 3.05) is 17.8 Å². The van der Waals surface area contributed by atoms with Crippen LogP contribution in [0.4, 0.5) is 10.7 Å². The van der Waals surface area contributed by atoms with Gasteiger partial charge in [-0.2, -0.15) is 4.98 Å². The molecule has 41 heavy (non-hydrogen) atoms. The molecule has 0 aliphatic carbocycles. The van der Waals surface area contributed by atoms with Gasteiger partial charge >= 0.3 is 6.09 Å². The summed E-state index contributed by atoms with van der Waals surface area (Å²) in [5, 5.41) is 13.1. The number of sulfonamides is 1. The third-order valence-corrected chi connectivity index (χ3v) is 7.82. The molecule has 1 fully saturated rings. The van der Waals surface area contributed by atoms with Crippen LogP contribution in [0.1, 0.15) is 55.1 Å². The molecule has 4 rings (SSSR count). The van der Waals surface area contributed by atoms with Crippen LogP contribution in [-0.4, -0.2) is 65.1 Å². The standard InChI is InChI=1S/C29H35N5O6S/c1-18-9-6-10-19(2)25(18)23-16-24(35)32-27(31-23)33-41(38,39)22-13-7-11-20(15-22)26(36)30-21-12-8-14-34(17-21)28(37)40-29(3,4)5/h6-7,9-11,13,15-16,21H,8,12,14,17H2,1-5H3,(H,30,36)(H2,31,32,33,35)/t21-/m0/s1. The number of nitrogens with zero attached hydrogens (tertiary/aromatic N) is 3. The van der Waals surface area contributed by atoms with Gasteiger partial charge in [-0.1, -0.05) is 24.3 Å². The summed E-state index contributed by atoms with van der Waals surface area (Å²) in [6.07, 6.45) is 0.920. The van der Waals surface area contributed by atoms with Crippen molar-refractivity contribution >= 4 is 28.0 Å². The lowest BCUT2D eigenvalue weighted by atomic mass is 10.00. The molecule has 1 aromatic heterocycles. The first-order chi connectivity index (χ1) is 19.2. The molecular formula is C29H35N5O6S. The topological polar surface area (TPSA) is 151 Å². The number of aromatic nitrogens is 2. The molecule has 2 amide bonds. The molecule has 12 heteroatoms. The fraction of sp³-hybridized carbons (Fsp3) is 0.379. The van der Waals surface area contributed by atoms with Crippen molar-refractivity contribution in [3.8, 4) is 17.1 Å². The van der Waals surface area contributed by atoms with Gasteiger partial charge in [-0.05, 0) is 76.8 Å². The Morgan fingerprint density at radius 1 is 1.05 bits per heavy atom. The van der Waals surface area contributed by atoms with E-state index in [4.69, 9.17) is 4.74 Å². The second-order valence-electron chi connectivity index (χ2n) is 11.1. The number of anilines is 1. The number of carbonyl (C=O) groups excluding carboxylic acids is 2. The summed E-state index contributed by atoms with van der Waals surface area (Å²) < 4.78 is 34.2. The number of nitrogens with one attached hydrogen (secondary N) is 2. The van der Waals surface area contributed by atoms with E-state index >= 15 is 0 Å². The normalized spacial score (nSPS) is 15.7. The Bertz CT molecular complexity index is 1550. The van der Waals surface area contributed by atoms with E-state index in [1.54, 1.807) is 25.7 Å². The van der Waals surface area contributed by atoms with E-state index in [1.165, 1.54) is 30.3 Å². The lowest BCUT2D eigenvalue weighted by Crippen LogP contribution is -2.50. The minimum Gasteiger partial charge on any atom is -0.493 e. The summed E-state index contributed by atoms with van der Waals surface area (Å²) in [5.74, 6) is -1.16. The average Bonchev–Trinajstić information content (AvgIpc) is 2.87. The maximum absolute atomic E-state index is 13.2. The lowest BCUT2D eigenvalue weighted by molar-refractivity contribution is 0.0185. The third-order valence-electron chi connectivity index (χ3n) is 6.49. The molecule has 1 atom stereocenters. The first kappa shape index (κ1) is 29.8. The molecule has 3 N–H and O–H groups in total. The highest BCUT2D eigenvalue weighted by Crippen LogP contribution is 2.29. The van der Waals surface area contributed by atoms with Gasteiger partial charge in [0.05, 0.1) is 10.6 Å². The summed E-state index contributed by atoms with van der Waals surface area (Å²) in [5.41, 5.74) is 2.45. The Morgan fingerprint density at radius 3 is 2.41 bits per heavy atom. The average molecular weight is 582 g/mol. The molecule has 218 valence electrons. The molecule has 0 spiro atoms. The van der Waals surface area contributed by atoms with Gasteiger partial charge in [0, 0.05) is 36.3 Å². The number of benzene rings is 2. The molecule has 0 unspecified atom stereocenters. The molecule has 11 nitrogen and oxygen atoms in total.